The summed E-state index contributed by atoms with van der Waals surface area (Å²) in [5, 5.41) is 27.4. The van der Waals surface area contributed by atoms with Gasteiger partial charge in [-0.3, -0.25) is 14.9 Å². The molecule has 1 amide bonds. The average molecular weight is 557 g/mol. The van der Waals surface area contributed by atoms with Crippen LogP contribution in [-0.2, 0) is 16.6 Å². The summed E-state index contributed by atoms with van der Waals surface area (Å²) in [5.74, 6) is -0.335. The molecule has 0 atom stereocenters. The van der Waals surface area contributed by atoms with Gasteiger partial charge in [-0.1, -0.05) is 36.4 Å². The molecular weight excluding hydrogens is 524 g/mol. The molecule has 39 heavy (non-hydrogen) atoms. The molecule has 1 aromatic heterocycles. The molecule has 0 unspecified atom stereocenters. The summed E-state index contributed by atoms with van der Waals surface area (Å²) >= 11 is 0. The van der Waals surface area contributed by atoms with Crippen molar-refractivity contribution in [3.63, 3.8) is 0 Å². The second-order valence-corrected chi connectivity index (χ2v) is 10.9. The fourth-order valence-corrected chi connectivity index (χ4v) is 5.91. The number of benzene rings is 2. The molecule has 2 heterocycles. The van der Waals surface area contributed by atoms with E-state index >= 15 is 0 Å². The fraction of sp³-hybridized carbons (Fsp3) is 0.346. The van der Waals surface area contributed by atoms with Gasteiger partial charge in [0.1, 0.15) is 0 Å². The normalized spacial score (nSPS) is 14.5. The highest BCUT2D eigenvalue weighted by Gasteiger charge is 2.29. The third-order valence-electron chi connectivity index (χ3n) is 6.57. The SMILES string of the molecule is O=C(NO)c1cnc(N2CCN(S(=O)(=O)c3ccc(-c4ccccc4CN(CCO)CCO)cc3)CC2)nc1. The number of aromatic nitrogens is 2. The van der Waals surface area contributed by atoms with Crippen molar-refractivity contribution in [3.05, 3.63) is 72.1 Å². The maximum atomic E-state index is 13.3. The Hall–Kier alpha value is -3.46. The monoisotopic (exact) mass is 556 g/mol. The number of amides is 1. The first kappa shape index (κ1) is 28.5. The van der Waals surface area contributed by atoms with Crippen LogP contribution < -0.4 is 10.4 Å². The molecule has 12 nitrogen and oxygen atoms in total. The van der Waals surface area contributed by atoms with E-state index in [1.54, 1.807) is 24.3 Å². The Balaban J connectivity index is 1.43. The minimum Gasteiger partial charge on any atom is -0.395 e. The molecule has 4 N–H and O–H groups in total. The first-order valence-corrected chi connectivity index (χ1v) is 14.0. The number of hydroxylamine groups is 1. The minimum absolute atomic E-state index is 0.00830. The van der Waals surface area contributed by atoms with Gasteiger partial charge >= 0.3 is 0 Å². The molecule has 208 valence electrons. The van der Waals surface area contributed by atoms with E-state index in [2.05, 4.69) is 9.97 Å². The highest BCUT2D eigenvalue weighted by molar-refractivity contribution is 7.89. The van der Waals surface area contributed by atoms with Gasteiger partial charge in [-0.15, -0.1) is 0 Å². The minimum atomic E-state index is -3.71. The molecule has 1 aliphatic heterocycles. The first-order chi connectivity index (χ1) is 18.9. The number of carbonyl (C=O) groups excluding carboxylic acids is 1. The number of nitrogens with one attached hydrogen (secondary N) is 1. The van der Waals surface area contributed by atoms with Gasteiger partial charge in [-0.25, -0.2) is 23.9 Å². The highest BCUT2D eigenvalue weighted by atomic mass is 32.2. The van der Waals surface area contributed by atoms with Crippen LogP contribution in [0.4, 0.5) is 5.95 Å². The largest absolute Gasteiger partial charge is 0.395 e. The van der Waals surface area contributed by atoms with Crippen LogP contribution in [0.1, 0.15) is 15.9 Å². The van der Waals surface area contributed by atoms with Gasteiger partial charge in [0.2, 0.25) is 16.0 Å². The number of hydrogen-bond acceptors (Lipinski definition) is 10. The first-order valence-electron chi connectivity index (χ1n) is 12.5. The summed E-state index contributed by atoms with van der Waals surface area (Å²) < 4.78 is 28.1. The Labute approximate surface area is 227 Å². The number of sulfonamides is 1. The maximum absolute atomic E-state index is 13.3. The number of rotatable bonds is 11. The lowest BCUT2D eigenvalue weighted by Gasteiger charge is -2.34. The van der Waals surface area contributed by atoms with E-state index in [1.165, 1.54) is 22.2 Å². The van der Waals surface area contributed by atoms with Crippen LogP contribution in [0.5, 0.6) is 0 Å². The Morgan fingerprint density at radius 1 is 0.923 bits per heavy atom. The zero-order valence-corrected chi connectivity index (χ0v) is 22.2. The summed E-state index contributed by atoms with van der Waals surface area (Å²) in [6.07, 6.45) is 2.60. The number of hydrogen-bond donors (Lipinski definition) is 4. The lowest BCUT2D eigenvalue weighted by atomic mass is 9.99. The van der Waals surface area contributed by atoms with Gasteiger partial charge in [0, 0.05) is 58.2 Å². The molecule has 4 rings (SSSR count). The molecule has 13 heteroatoms. The topological polar surface area (TPSA) is 159 Å². The van der Waals surface area contributed by atoms with Crippen molar-refractivity contribution in [1.29, 1.82) is 0 Å². The molecule has 1 aliphatic rings. The van der Waals surface area contributed by atoms with Crippen LogP contribution in [0.2, 0.25) is 0 Å². The van der Waals surface area contributed by atoms with E-state index in [-0.39, 0.29) is 36.8 Å². The van der Waals surface area contributed by atoms with Gasteiger partial charge in [0.25, 0.3) is 5.91 Å². The summed E-state index contributed by atoms with van der Waals surface area (Å²) in [6, 6.07) is 14.6. The summed E-state index contributed by atoms with van der Waals surface area (Å²) in [5.41, 5.74) is 4.48. The maximum Gasteiger partial charge on any atom is 0.277 e. The van der Waals surface area contributed by atoms with Crippen molar-refractivity contribution < 1.29 is 28.6 Å². The molecule has 0 saturated carbocycles. The van der Waals surface area contributed by atoms with Gasteiger partial charge in [-0.05, 0) is 28.8 Å². The summed E-state index contributed by atoms with van der Waals surface area (Å²) in [4.78, 5) is 23.7. The van der Waals surface area contributed by atoms with Gasteiger partial charge in [0.05, 0.1) is 23.7 Å². The Morgan fingerprint density at radius 3 is 2.13 bits per heavy atom. The summed E-state index contributed by atoms with van der Waals surface area (Å²) in [6.45, 7) is 2.68. The van der Waals surface area contributed by atoms with Crippen LogP contribution in [0, 0.1) is 0 Å². The molecule has 0 spiro atoms. The molecule has 1 saturated heterocycles. The van der Waals surface area contributed by atoms with E-state index in [4.69, 9.17) is 5.21 Å². The van der Waals surface area contributed by atoms with Crippen molar-refractivity contribution >= 4 is 21.9 Å². The molecule has 0 bridgehead atoms. The Bertz CT molecular complexity index is 1340. The highest BCUT2D eigenvalue weighted by Crippen LogP contribution is 2.27. The van der Waals surface area contributed by atoms with Crippen LogP contribution in [0.15, 0.2) is 65.8 Å². The molecule has 2 aromatic carbocycles. The number of aliphatic hydroxyl groups excluding tert-OH is 2. The van der Waals surface area contributed by atoms with E-state index in [0.717, 1.165) is 16.7 Å². The Kier molecular flexibility index (Phi) is 9.56. The van der Waals surface area contributed by atoms with Crippen molar-refractivity contribution in [2.24, 2.45) is 0 Å². The zero-order valence-electron chi connectivity index (χ0n) is 21.3. The van der Waals surface area contributed by atoms with Crippen LogP contribution in [0.3, 0.4) is 0 Å². The third kappa shape index (κ3) is 6.76. The quantitative estimate of drug-likeness (QED) is 0.194. The van der Waals surface area contributed by atoms with Crippen LogP contribution in [-0.4, -0.2) is 101 Å². The van der Waals surface area contributed by atoms with E-state index in [0.29, 0.717) is 38.7 Å². The van der Waals surface area contributed by atoms with E-state index in [1.807, 2.05) is 34.1 Å². The summed E-state index contributed by atoms with van der Waals surface area (Å²) in [7, 11) is -3.71. The second-order valence-electron chi connectivity index (χ2n) is 9.01. The number of piperazine rings is 1. The smallest absolute Gasteiger partial charge is 0.277 e. The van der Waals surface area contributed by atoms with Crippen molar-refractivity contribution in [1.82, 2.24) is 24.7 Å². The zero-order chi connectivity index (χ0) is 27.8. The predicted molar refractivity (Wildman–Crippen MR) is 144 cm³/mol. The van der Waals surface area contributed by atoms with Crippen LogP contribution in [0.25, 0.3) is 11.1 Å². The van der Waals surface area contributed by atoms with E-state index in [9.17, 15) is 23.4 Å². The predicted octanol–water partition coefficient (Wildman–Crippen LogP) is 0.560. The average Bonchev–Trinajstić information content (AvgIpc) is 2.97. The number of aliphatic hydroxyl groups is 2. The van der Waals surface area contributed by atoms with Gasteiger partial charge in [-0.2, -0.15) is 4.31 Å². The van der Waals surface area contributed by atoms with Crippen molar-refractivity contribution in [2.45, 2.75) is 11.4 Å². The molecule has 3 aromatic rings. The van der Waals surface area contributed by atoms with E-state index < -0.39 is 15.9 Å². The van der Waals surface area contributed by atoms with Gasteiger partial charge in [0.15, 0.2) is 0 Å². The standard InChI is InChI=1S/C26H32N6O6S/c33-15-13-30(14-16-34)19-21-3-1-2-4-24(21)20-5-7-23(8-6-20)39(37,38)32-11-9-31(10-12-32)26-27-17-22(18-28-26)25(35)29-36/h1-8,17-18,33-34,36H,9-16,19H2,(H,29,35). The lowest BCUT2D eigenvalue weighted by Crippen LogP contribution is -2.49. The molecule has 0 aliphatic carbocycles. The van der Waals surface area contributed by atoms with Gasteiger partial charge < -0.3 is 15.1 Å². The molecule has 0 radical (unpaired) electrons. The van der Waals surface area contributed by atoms with Crippen LogP contribution >= 0.6 is 0 Å². The third-order valence-corrected chi connectivity index (χ3v) is 8.48. The Morgan fingerprint density at radius 2 is 1.54 bits per heavy atom. The second kappa shape index (κ2) is 13.1. The molecule has 1 fully saturated rings. The lowest BCUT2D eigenvalue weighted by molar-refractivity contribution is 0.0705. The molecular formula is C26H32N6O6S. The number of carbonyl (C=O) groups is 1. The number of nitrogens with zero attached hydrogens (tertiary/aromatic N) is 5. The number of anilines is 1. The fourth-order valence-electron chi connectivity index (χ4n) is 4.48. The van der Waals surface area contributed by atoms with Crippen molar-refractivity contribution in [2.75, 3.05) is 57.4 Å². The van der Waals surface area contributed by atoms with Crippen molar-refractivity contribution in [3.8, 4) is 11.1 Å².